The van der Waals surface area contributed by atoms with Gasteiger partial charge < -0.3 is 0 Å². The topological polar surface area (TPSA) is 47.6 Å². The van der Waals surface area contributed by atoms with E-state index in [1.54, 1.807) is 0 Å². The van der Waals surface area contributed by atoms with E-state index >= 15 is 0 Å². The van der Waals surface area contributed by atoms with E-state index in [1.807, 2.05) is 36.4 Å². The van der Waals surface area contributed by atoms with Crippen LogP contribution >= 0.6 is 0 Å². The van der Waals surface area contributed by atoms with Crippen molar-refractivity contribution >= 4 is 32.3 Å². The predicted molar refractivity (Wildman–Crippen MR) is 148 cm³/mol. The molecule has 168 valence electrons. The minimum absolute atomic E-state index is 0.669. The number of rotatable bonds is 3. The van der Waals surface area contributed by atoms with Gasteiger partial charge in [-0.2, -0.15) is 10.5 Å². The van der Waals surface area contributed by atoms with Crippen molar-refractivity contribution in [1.29, 1.82) is 10.5 Å². The Labute approximate surface area is 210 Å². The van der Waals surface area contributed by atoms with Gasteiger partial charge in [0.05, 0.1) is 23.3 Å². The molecule has 0 bridgehead atoms. The van der Waals surface area contributed by atoms with E-state index in [-0.39, 0.29) is 0 Å². The van der Waals surface area contributed by atoms with Gasteiger partial charge in [-0.3, -0.25) is 0 Å². The highest BCUT2D eigenvalue weighted by molar-refractivity contribution is 6.25. The van der Waals surface area contributed by atoms with Gasteiger partial charge >= 0.3 is 0 Å². The third-order valence-corrected chi connectivity index (χ3v) is 7.01. The summed E-state index contributed by atoms with van der Waals surface area (Å²) in [5.74, 6) is 0. The van der Waals surface area contributed by atoms with Crippen LogP contribution in [0.15, 0.2) is 103 Å². The molecule has 0 saturated heterocycles. The molecule has 0 unspecified atom stereocenters. The van der Waals surface area contributed by atoms with Crippen LogP contribution in [-0.4, -0.2) is 0 Å². The summed E-state index contributed by atoms with van der Waals surface area (Å²) in [5, 5.41) is 25.7. The zero-order chi connectivity index (χ0) is 24.6. The standard InChI is InChI=1S/C34H22N2/c1-22-6-13-28(26-11-7-23(20-35)8-12-26)27(16-22)17-24-9-14-31-32-15-10-25(21-36)19-34(32)30-5-3-2-4-29(30)33(31)18-24/h2-16,18-19H,17H2,1H3. The normalized spacial score (nSPS) is 11.0. The molecule has 0 aliphatic carbocycles. The van der Waals surface area contributed by atoms with Crippen molar-refractivity contribution in [3.8, 4) is 23.3 Å². The quantitative estimate of drug-likeness (QED) is 0.250. The van der Waals surface area contributed by atoms with Gasteiger partial charge in [0.25, 0.3) is 0 Å². The molecule has 0 amide bonds. The highest BCUT2D eigenvalue weighted by Gasteiger charge is 2.12. The second-order valence-corrected chi connectivity index (χ2v) is 9.32. The van der Waals surface area contributed by atoms with E-state index in [1.165, 1.54) is 49.2 Å². The minimum atomic E-state index is 0.669. The second-order valence-electron chi connectivity index (χ2n) is 9.32. The van der Waals surface area contributed by atoms with Crippen molar-refractivity contribution in [3.05, 3.63) is 131 Å². The minimum Gasteiger partial charge on any atom is -0.192 e. The number of nitrogens with zero attached hydrogens (tertiary/aromatic N) is 2. The average molecular weight is 459 g/mol. The predicted octanol–water partition coefficient (Wildman–Crippen LogP) is 8.46. The SMILES string of the molecule is Cc1ccc(-c2ccc(C#N)cc2)c(Cc2ccc3c4ccc(C#N)cc4c4ccccc4c3c2)c1. The zero-order valence-corrected chi connectivity index (χ0v) is 19.9. The number of hydrogen-bond donors (Lipinski definition) is 0. The van der Waals surface area contributed by atoms with Gasteiger partial charge in [-0.05, 0) is 92.2 Å². The third kappa shape index (κ3) is 3.67. The molecule has 0 saturated carbocycles. The fraction of sp³-hybridized carbons (Fsp3) is 0.0588. The molecular formula is C34H22N2. The lowest BCUT2D eigenvalue weighted by Gasteiger charge is -2.14. The largest absolute Gasteiger partial charge is 0.192 e. The van der Waals surface area contributed by atoms with Gasteiger partial charge in [-0.1, -0.05) is 84.4 Å². The molecule has 0 atom stereocenters. The van der Waals surface area contributed by atoms with Crippen molar-refractivity contribution in [2.45, 2.75) is 13.3 Å². The second kappa shape index (κ2) is 8.70. The van der Waals surface area contributed by atoms with E-state index in [0.29, 0.717) is 11.1 Å². The molecule has 36 heavy (non-hydrogen) atoms. The molecule has 0 N–H and O–H groups in total. The smallest absolute Gasteiger partial charge is 0.0991 e. The first-order valence-corrected chi connectivity index (χ1v) is 12.0. The Bertz CT molecular complexity index is 1860. The summed E-state index contributed by atoms with van der Waals surface area (Å²) in [6.45, 7) is 2.13. The number of hydrogen-bond acceptors (Lipinski definition) is 2. The molecule has 6 rings (SSSR count). The zero-order valence-electron chi connectivity index (χ0n) is 19.9. The molecule has 2 heteroatoms. The molecule has 0 aliphatic heterocycles. The van der Waals surface area contributed by atoms with Gasteiger partial charge in [-0.15, -0.1) is 0 Å². The van der Waals surface area contributed by atoms with Crippen molar-refractivity contribution in [3.63, 3.8) is 0 Å². The van der Waals surface area contributed by atoms with E-state index in [9.17, 15) is 10.5 Å². The molecule has 2 nitrogen and oxygen atoms in total. The summed E-state index contributed by atoms with van der Waals surface area (Å²) in [6, 6.07) is 40.1. The Morgan fingerprint density at radius 3 is 1.86 bits per heavy atom. The van der Waals surface area contributed by atoms with Crippen LogP contribution in [0.2, 0.25) is 0 Å². The highest BCUT2D eigenvalue weighted by Crippen LogP contribution is 2.36. The van der Waals surface area contributed by atoms with Gasteiger partial charge in [-0.25, -0.2) is 0 Å². The summed E-state index contributed by atoms with van der Waals surface area (Å²) in [7, 11) is 0. The van der Waals surface area contributed by atoms with Crippen LogP contribution in [0, 0.1) is 29.6 Å². The Morgan fingerprint density at radius 2 is 1.17 bits per heavy atom. The molecule has 0 aliphatic rings. The van der Waals surface area contributed by atoms with Crippen LogP contribution in [-0.2, 0) is 6.42 Å². The van der Waals surface area contributed by atoms with Crippen LogP contribution in [0.3, 0.4) is 0 Å². The molecule has 0 aromatic heterocycles. The lowest BCUT2D eigenvalue weighted by Crippen LogP contribution is -1.94. The van der Waals surface area contributed by atoms with E-state index in [0.717, 1.165) is 17.4 Å². The van der Waals surface area contributed by atoms with E-state index in [2.05, 4.69) is 85.8 Å². The fourth-order valence-electron chi connectivity index (χ4n) is 5.28. The number of fused-ring (bicyclic) bond motifs is 6. The molecule has 0 radical (unpaired) electrons. The molecule has 6 aromatic rings. The Morgan fingerprint density at radius 1 is 0.556 bits per heavy atom. The van der Waals surface area contributed by atoms with Crippen molar-refractivity contribution in [2.24, 2.45) is 0 Å². The maximum absolute atomic E-state index is 9.45. The molecule has 6 aromatic carbocycles. The Hall–Kier alpha value is -4.92. The number of aryl methyl sites for hydroxylation is 1. The molecule has 0 spiro atoms. The van der Waals surface area contributed by atoms with Crippen LogP contribution in [0.1, 0.15) is 27.8 Å². The first-order valence-electron chi connectivity index (χ1n) is 12.0. The van der Waals surface area contributed by atoms with Crippen LogP contribution in [0.5, 0.6) is 0 Å². The summed E-state index contributed by atoms with van der Waals surface area (Å²) in [4.78, 5) is 0. The lowest BCUT2D eigenvalue weighted by atomic mass is 9.89. The highest BCUT2D eigenvalue weighted by atomic mass is 14.2. The lowest BCUT2D eigenvalue weighted by molar-refractivity contribution is 1.19. The van der Waals surface area contributed by atoms with Gasteiger partial charge in [0.2, 0.25) is 0 Å². The summed E-state index contributed by atoms with van der Waals surface area (Å²) in [5.41, 5.74) is 7.41. The summed E-state index contributed by atoms with van der Waals surface area (Å²) in [6.07, 6.45) is 0.812. The molecular weight excluding hydrogens is 436 g/mol. The van der Waals surface area contributed by atoms with Crippen molar-refractivity contribution < 1.29 is 0 Å². The Balaban J connectivity index is 1.52. The summed E-state index contributed by atoms with van der Waals surface area (Å²) < 4.78 is 0. The van der Waals surface area contributed by atoms with Gasteiger partial charge in [0.1, 0.15) is 0 Å². The Kier molecular flexibility index (Phi) is 5.22. The first kappa shape index (κ1) is 21.6. The fourth-order valence-corrected chi connectivity index (χ4v) is 5.28. The average Bonchev–Trinajstić information content (AvgIpc) is 2.93. The molecule has 0 heterocycles. The molecule has 0 fully saturated rings. The summed E-state index contributed by atoms with van der Waals surface area (Å²) >= 11 is 0. The van der Waals surface area contributed by atoms with Crippen LogP contribution in [0.25, 0.3) is 43.4 Å². The van der Waals surface area contributed by atoms with Gasteiger partial charge in [0.15, 0.2) is 0 Å². The van der Waals surface area contributed by atoms with Crippen LogP contribution < -0.4 is 0 Å². The number of benzene rings is 6. The third-order valence-electron chi connectivity index (χ3n) is 7.01. The van der Waals surface area contributed by atoms with E-state index < -0.39 is 0 Å². The monoisotopic (exact) mass is 458 g/mol. The van der Waals surface area contributed by atoms with Crippen molar-refractivity contribution in [1.82, 2.24) is 0 Å². The number of nitriles is 2. The maximum Gasteiger partial charge on any atom is 0.0991 e. The maximum atomic E-state index is 9.45. The first-order chi connectivity index (χ1) is 17.6. The van der Waals surface area contributed by atoms with E-state index in [4.69, 9.17) is 0 Å². The van der Waals surface area contributed by atoms with Gasteiger partial charge in [0, 0.05) is 0 Å². The van der Waals surface area contributed by atoms with Crippen molar-refractivity contribution in [2.75, 3.05) is 0 Å². The van der Waals surface area contributed by atoms with Crippen LogP contribution in [0.4, 0.5) is 0 Å².